The fourth-order valence-corrected chi connectivity index (χ4v) is 2.34. The Balaban J connectivity index is 2.15. The maximum Gasteiger partial charge on any atom is 0.142 e. The topological polar surface area (TPSA) is 20.2 Å². The monoisotopic (exact) mass is 242 g/mol. The van der Waals surface area contributed by atoms with Crippen molar-refractivity contribution in [2.24, 2.45) is 11.3 Å². The lowest BCUT2D eigenvalue weighted by Crippen LogP contribution is -2.26. The number of rotatable bonds is 4. The van der Waals surface area contributed by atoms with Crippen LogP contribution >= 0.6 is 11.6 Å². The largest absolute Gasteiger partial charge is 0.396 e. The fraction of sp³-hybridized carbons (Fsp3) is 0.538. The highest BCUT2D eigenvalue weighted by Crippen LogP contribution is 2.47. The Bertz CT molecular complexity index is 390. The molecule has 0 radical (unpaired) electrons. The Morgan fingerprint density at radius 1 is 1.50 bits per heavy atom. The zero-order chi connectivity index (χ0) is 11.8. The molecule has 88 valence electrons. The van der Waals surface area contributed by atoms with E-state index in [2.05, 4.69) is 6.92 Å². The van der Waals surface area contributed by atoms with E-state index in [0.29, 0.717) is 12.3 Å². The van der Waals surface area contributed by atoms with Gasteiger partial charge in [0, 0.05) is 6.61 Å². The zero-order valence-corrected chi connectivity index (χ0v) is 10.1. The van der Waals surface area contributed by atoms with Crippen molar-refractivity contribution in [3.05, 3.63) is 34.6 Å². The van der Waals surface area contributed by atoms with Gasteiger partial charge in [0.15, 0.2) is 0 Å². The molecule has 0 amide bonds. The molecule has 2 rings (SSSR count). The van der Waals surface area contributed by atoms with Gasteiger partial charge < -0.3 is 5.11 Å². The van der Waals surface area contributed by atoms with Gasteiger partial charge >= 0.3 is 0 Å². The number of hydrogen-bond donors (Lipinski definition) is 1. The summed E-state index contributed by atoms with van der Waals surface area (Å²) in [6.45, 7) is 2.22. The second kappa shape index (κ2) is 4.34. The van der Waals surface area contributed by atoms with E-state index in [0.717, 1.165) is 5.56 Å². The fourth-order valence-electron chi connectivity index (χ4n) is 2.23. The standard InChI is InChI=1S/C13H16ClFO/c1-13(8-16,10-3-4-10)7-9-2-5-11(14)12(15)6-9/h2,5-6,10,16H,3-4,7-8H2,1H3. The van der Waals surface area contributed by atoms with Crippen LogP contribution in [0.15, 0.2) is 18.2 Å². The third-order valence-electron chi connectivity index (χ3n) is 3.52. The second-order valence-electron chi connectivity index (χ2n) is 5.01. The molecule has 0 bridgehead atoms. The molecule has 1 aliphatic rings. The highest BCUT2D eigenvalue weighted by Gasteiger charge is 2.40. The molecule has 1 N–H and O–H groups in total. The van der Waals surface area contributed by atoms with Crippen LogP contribution < -0.4 is 0 Å². The van der Waals surface area contributed by atoms with Crippen molar-refractivity contribution in [3.8, 4) is 0 Å². The summed E-state index contributed by atoms with van der Waals surface area (Å²) in [5.41, 5.74) is 0.797. The predicted octanol–water partition coefficient (Wildman–Crippen LogP) is 3.43. The number of aliphatic hydroxyl groups is 1. The Hall–Kier alpha value is -0.600. The highest BCUT2D eigenvalue weighted by molar-refractivity contribution is 6.30. The van der Waals surface area contributed by atoms with E-state index in [1.165, 1.54) is 18.9 Å². The Kier molecular flexibility index (Phi) is 3.22. The van der Waals surface area contributed by atoms with Crippen molar-refractivity contribution in [1.82, 2.24) is 0 Å². The summed E-state index contributed by atoms with van der Waals surface area (Å²) in [5, 5.41) is 9.61. The summed E-state index contributed by atoms with van der Waals surface area (Å²) in [7, 11) is 0. The van der Waals surface area contributed by atoms with Crippen LogP contribution in [0.3, 0.4) is 0 Å². The molecule has 1 atom stereocenters. The van der Waals surface area contributed by atoms with Gasteiger partial charge in [-0.15, -0.1) is 0 Å². The molecule has 0 aliphatic heterocycles. The maximum absolute atomic E-state index is 13.3. The van der Waals surface area contributed by atoms with Crippen LogP contribution in [0.25, 0.3) is 0 Å². The summed E-state index contributed by atoms with van der Waals surface area (Å²) < 4.78 is 13.3. The number of hydrogen-bond acceptors (Lipinski definition) is 1. The van der Waals surface area contributed by atoms with Gasteiger partial charge in [-0.05, 0) is 48.3 Å². The Labute approximate surface area is 100 Å². The van der Waals surface area contributed by atoms with Crippen LogP contribution in [-0.2, 0) is 6.42 Å². The summed E-state index contributed by atoms with van der Waals surface area (Å²) in [6, 6.07) is 4.89. The quantitative estimate of drug-likeness (QED) is 0.858. The summed E-state index contributed by atoms with van der Waals surface area (Å²) in [4.78, 5) is 0. The highest BCUT2D eigenvalue weighted by atomic mass is 35.5. The third kappa shape index (κ3) is 2.38. The molecule has 0 aromatic heterocycles. The van der Waals surface area contributed by atoms with E-state index in [1.807, 2.05) is 6.07 Å². The predicted molar refractivity (Wildman–Crippen MR) is 63.0 cm³/mol. The molecule has 1 nitrogen and oxygen atoms in total. The molecule has 1 aromatic carbocycles. The molecule has 0 heterocycles. The second-order valence-corrected chi connectivity index (χ2v) is 5.42. The summed E-state index contributed by atoms with van der Waals surface area (Å²) >= 11 is 5.64. The minimum atomic E-state index is -0.379. The average Bonchev–Trinajstić information content (AvgIpc) is 3.07. The van der Waals surface area contributed by atoms with E-state index in [-0.39, 0.29) is 22.9 Å². The molecule has 0 spiro atoms. The lowest BCUT2D eigenvalue weighted by molar-refractivity contribution is 0.119. The molecule has 1 aliphatic carbocycles. The summed E-state index contributed by atoms with van der Waals surface area (Å²) in [5.74, 6) is 0.200. The van der Waals surface area contributed by atoms with Gasteiger partial charge in [0.1, 0.15) is 5.82 Å². The molecule has 3 heteroatoms. The van der Waals surface area contributed by atoms with Crippen LogP contribution in [0.2, 0.25) is 5.02 Å². The molecule has 1 saturated carbocycles. The van der Waals surface area contributed by atoms with Gasteiger partial charge in [-0.25, -0.2) is 4.39 Å². The lowest BCUT2D eigenvalue weighted by Gasteiger charge is -2.27. The van der Waals surface area contributed by atoms with Crippen LogP contribution in [0.1, 0.15) is 25.3 Å². The molecular weight excluding hydrogens is 227 g/mol. The molecule has 0 saturated heterocycles. The van der Waals surface area contributed by atoms with Crippen molar-refractivity contribution in [2.45, 2.75) is 26.2 Å². The SMILES string of the molecule is CC(CO)(Cc1ccc(Cl)c(F)c1)C1CC1. The zero-order valence-electron chi connectivity index (χ0n) is 9.34. The Morgan fingerprint density at radius 2 is 2.19 bits per heavy atom. The van der Waals surface area contributed by atoms with Crippen molar-refractivity contribution in [3.63, 3.8) is 0 Å². The molecule has 1 unspecified atom stereocenters. The first-order chi connectivity index (χ1) is 7.55. The van der Waals surface area contributed by atoms with Crippen molar-refractivity contribution in [2.75, 3.05) is 6.61 Å². The van der Waals surface area contributed by atoms with Gasteiger partial charge in [0.05, 0.1) is 5.02 Å². The van der Waals surface area contributed by atoms with Crippen molar-refractivity contribution < 1.29 is 9.50 Å². The van der Waals surface area contributed by atoms with Crippen molar-refractivity contribution >= 4 is 11.6 Å². The van der Waals surface area contributed by atoms with Gasteiger partial charge in [-0.1, -0.05) is 24.6 Å². The Morgan fingerprint density at radius 3 is 2.69 bits per heavy atom. The van der Waals surface area contributed by atoms with Crippen LogP contribution in [0.5, 0.6) is 0 Å². The smallest absolute Gasteiger partial charge is 0.142 e. The van der Waals surface area contributed by atoms with Crippen molar-refractivity contribution in [1.29, 1.82) is 0 Å². The maximum atomic E-state index is 13.3. The lowest BCUT2D eigenvalue weighted by atomic mass is 9.80. The first-order valence-corrected chi connectivity index (χ1v) is 5.98. The minimum absolute atomic E-state index is 0.111. The van der Waals surface area contributed by atoms with Gasteiger partial charge in [0.25, 0.3) is 0 Å². The first-order valence-electron chi connectivity index (χ1n) is 5.60. The molecule has 1 fully saturated rings. The van der Waals surface area contributed by atoms with Gasteiger partial charge in [-0.3, -0.25) is 0 Å². The minimum Gasteiger partial charge on any atom is -0.396 e. The van der Waals surface area contributed by atoms with E-state index >= 15 is 0 Å². The summed E-state index contributed by atoms with van der Waals surface area (Å²) in [6.07, 6.45) is 3.06. The molecular formula is C13H16ClFO. The van der Waals surface area contributed by atoms with Crippen LogP contribution in [0.4, 0.5) is 4.39 Å². The van der Waals surface area contributed by atoms with E-state index < -0.39 is 0 Å². The van der Waals surface area contributed by atoms with E-state index in [4.69, 9.17) is 11.6 Å². The number of benzene rings is 1. The molecule has 16 heavy (non-hydrogen) atoms. The van der Waals surface area contributed by atoms with E-state index in [1.54, 1.807) is 6.07 Å². The van der Waals surface area contributed by atoms with E-state index in [9.17, 15) is 9.50 Å². The van der Waals surface area contributed by atoms with Gasteiger partial charge in [-0.2, -0.15) is 0 Å². The normalized spacial score (nSPS) is 19.5. The number of halogens is 2. The third-order valence-corrected chi connectivity index (χ3v) is 3.82. The number of aliphatic hydroxyl groups excluding tert-OH is 1. The average molecular weight is 243 g/mol. The van der Waals surface area contributed by atoms with Crippen LogP contribution in [-0.4, -0.2) is 11.7 Å². The van der Waals surface area contributed by atoms with Crippen LogP contribution in [0, 0.1) is 17.2 Å². The first kappa shape index (κ1) is 11.9. The van der Waals surface area contributed by atoms with Gasteiger partial charge in [0.2, 0.25) is 0 Å². The molecule has 1 aromatic rings.